The van der Waals surface area contributed by atoms with Gasteiger partial charge in [-0.2, -0.15) is 0 Å². The molecule has 0 spiro atoms. The molecule has 168 valence electrons. The van der Waals surface area contributed by atoms with Gasteiger partial charge >= 0.3 is 0 Å². The molecule has 2 aromatic carbocycles. The molecule has 0 amide bonds. The highest BCUT2D eigenvalue weighted by Gasteiger charge is 2.23. The molecule has 0 aromatic heterocycles. The second-order valence-electron chi connectivity index (χ2n) is 7.45. The largest absolute Gasteiger partial charge is 0.394 e. The Balaban J connectivity index is 1.78. The van der Waals surface area contributed by atoms with Crippen molar-refractivity contribution in [3.63, 3.8) is 0 Å². The van der Waals surface area contributed by atoms with E-state index in [1.54, 1.807) is 0 Å². The molecular formula is C27H36O4. The summed E-state index contributed by atoms with van der Waals surface area (Å²) < 4.78 is 18.0. The van der Waals surface area contributed by atoms with Crippen molar-refractivity contribution in [3.05, 3.63) is 96.6 Å². The summed E-state index contributed by atoms with van der Waals surface area (Å²) in [7, 11) is 0. The van der Waals surface area contributed by atoms with E-state index in [1.165, 1.54) is 0 Å². The molecule has 3 atom stereocenters. The molecule has 4 heteroatoms. The molecule has 0 radical (unpaired) electrons. The van der Waals surface area contributed by atoms with E-state index in [1.807, 2.05) is 78.9 Å². The number of hydrogen-bond donors (Lipinski definition) is 1. The summed E-state index contributed by atoms with van der Waals surface area (Å²) in [4.78, 5) is 0. The van der Waals surface area contributed by atoms with Crippen molar-refractivity contribution < 1.29 is 19.3 Å². The predicted molar refractivity (Wildman–Crippen MR) is 126 cm³/mol. The van der Waals surface area contributed by atoms with Gasteiger partial charge in [-0.05, 0) is 30.4 Å². The number of rotatable bonds is 16. The number of hydrogen-bond acceptors (Lipinski definition) is 4. The molecule has 0 heterocycles. The highest BCUT2D eigenvalue weighted by Crippen LogP contribution is 2.18. The lowest BCUT2D eigenvalue weighted by molar-refractivity contribution is -0.116. The highest BCUT2D eigenvalue weighted by molar-refractivity contribution is 5.14. The van der Waals surface area contributed by atoms with Crippen LogP contribution >= 0.6 is 0 Å². The van der Waals surface area contributed by atoms with Crippen LogP contribution in [0.3, 0.4) is 0 Å². The third-order valence-electron chi connectivity index (χ3n) is 4.99. The van der Waals surface area contributed by atoms with E-state index in [0.29, 0.717) is 32.7 Å². The van der Waals surface area contributed by atoms with Crippen molar-refractivity contribution in [2.75, 3.05) is 13.2 Å². The lowest BCUT2D eigenvalue weighted by atomic mass is 10.1. The molecule has 0 saturated heterocycles. The third-order valence-corrected chi connectivity index (χ3v) is 4.99. The Labute approximate surface area is 187 Å². The Bertz CT molecular complexity index is 729. The van der Waals surface area contributed by atoms with Gasteiger partial charge < -0.3 is 19.3 Å². The zero-order valence-electron chi connectivity index (χ0n) is 18.6. The summed E-state index contributed by atoms with van der Waals surface area (Å²) in [5.41, 5.74) is 2.28. The van der Waals surface area contributed by atoms with Crippen LogP contribution in [0.4, 0.5) is 0 Å². The molecule has 2 aromatic rings. The van der Waals surface area contributed by atoms with Crippen molar-refractivity contribution in [1.29, 1.82) is 0 Å². The summed E-state index contributed by atoms with van der Waals surface area (Å²) in [6.07, 6.45) is 7.48. The Morgan fingerprint density at radius 3 is 2.10 bits per heavy atom. The van der Waals surface area contributed by atoms with Gasteiger partial charge in [-0.15, -0.1) is 6.58 Å². The van der Waals surface area contributed by atoms with Crippen LogP contribution in [0.2, 0.25) is 0 Å². The third kappa shape index (κ3) is 10.1. The number of ether oxygens (including phenoxy) is 3. The smallest absolute Gasteiger partial charge is 0.0875 e. The normalized spacial score (nSPS) is 14.4. The maximum absolute atomic E-state index is 9.79. The summed E-state index contributed by atoms with van der Waals surface area (Å²) in [5.74, 6) is 0. The summed E-state index contributed by atoms with van der Waals surface area (Å²) in [6.45, 7) is 7.55. The summed E-state index contributed by atoms with van der Waals surface area (Å²) in [6, 6.07) is 20.2. The van der Waals surface area contributed by atoms with Crippen LogP contribution in [0.25, 0.3) is 0 Å². The van der Waals surface area contributed by atoms with E-state index in [2.05, 4.69) is 13.5 Å². The first kappa shape index (κ1) is 25.0. The van der Waals surface area contributed by atoms with Crippen molar-refractivity contribution >= 4 is 0 Å². The van der Waals surface area contributed by atoms with E-state index in [9.17, 15) is 5.11 Å². The van der Waals surface area contributed by atoms with E-state index >= 15 is 0 Å². The Hall–Kier alpha value is -2.24. The van der Waals surface area contributed by atoms with Gasteiger partial charge in [0.25, 0.3) is 0 Å². The van der Waals surface area contributed by atoms with Gasteiger partial charge in [0, 0.05) is 0 Å². The zero-order chi connectivity index (χ0) is 22.2. The second-order valence-corrected chi connectivity index (χ2v) is 7.45. The molecule has 0 aliphatic heterocycles. The van der Waals surface area contributed by atoms with Gasteiger partial charge in [0.2, 0.25) is 0 Å². The van der Waals surface area contributed by atoms with Gasteiger partial charge in [0.1, 0.15) is 0 Å². The van der Waals surface area contributed by atoms with E-state index in [4.69, 9.17) is 14.2 Å². The predicted octanol–water partition coefficient (Wildman–Crippen LogP) is 5.47. The number of aliphatic hydroxyl groups excluding tert-OH is 1. The van der Waals surface area contributed by atoms with Gasteiger partial charge in [0.15, 0.2) is 0 Å². The molecule has 0 aliphatic carbocycles. The molecule has 0 fully saturated rings. The lowest BCUT2D eigenvalue weighted by Crippen LogP contribution is -2.35. The van der Waals surface area contributed by atoms with Crippen LogP contribution < -0.4 is 0 Å². The minimum absolute atomic E-state index is 0.0365. The average molecular weight is 425 g/mol. The number of aliphatic hydroxyl groups is 1. The molecule has 0 saturated carbocycles. The maximum Gasteiger partial charge on any atom is 0.0875 e. The van der Waals surface area contributed by atoms with E-state index in [0.717, 1.165) is 17.5 Å². The first-order chi connectivity index (χ1) is 15.3. The Morgan fingerprint density at radius 1 is 0.871 bits per heavy atom. The standard InChI is InChI=1S/C27H36O4/c1-3-13-27(30-22-24-16-9-6-10-17-24)26(4-2)31-25(20-28)18-11-12-19-29-21-23-14-7-5-8-15-23/h3,5-12,14-17,25-28H,1,4,13,18-22H2,2H3/b12-11+/t25-,26+,27+/m0/s1. The highest BCUT2D eigenvalue weighted by atomic mass is 16.6. The van der Waals surface area contributed by atoms with E-state index < -0.39 is 0 Å². The van der Waals surface area contributed by atoms with Crippen LogP contribution in [-0.2, 0) is 27.4 Å². The number of benzene rings is 2. The molecule has 2 rings (SSSR count). The fourth-order valence-electron chi connectivity index (χ4n) is 3.27. The average Bonchev–Trinajstić information content (AvgIpc) is 2.82. The maximum atomic E-state index is 9.79. The van der Waals surface area contributed by atoms with Crippen molar-refractivity contribution in [2.24, 2.45) is 0 Å². The summed E-state index contributed by atoms with van der Waals surface area (Å²) >= 11 is 0. The van der Waals surface area contributed by atoms with Crippen molar-refractivity contribution in [2.45, 2.75) is 57.7 Å². The van der Waals surface area contributed by atoms with Gasteiger partial charge in [0.05, 0.1) is 44.7 Å². The van der Waals surface area contributed by atoms with Crippen LogP contribution in [0.15, 0.2) is 85.5 Å². The van der Waals surface area contributed by atoms with Gasteiger partial charge in [-0.3, -0.25) is 0 Å². The molecule has 4 nitrogen and oxygen atoms in total. The minimum Gasteiger partial charge on any atom is -0.394 e. The Kier molecular flexibility index (Phi) is 12.5. The Morgan fingerprint density at radius 2 is 1.52 bits per heavy atom. The van der Waals surface area contributed by atoms with Gasteiger partial charge in [-0.25, -0.2) is 0 Å². The van der Waals surface area contributed by atoms with Crippen LogP contribution in [0.5, 0.6) is 0 Å². The van der Waals surface area contributed by atoms with Crippen molar-refractivity contribution in [3.8, 4) is 0 Å². The lowest BCUT2D eigenvalue weighted by Gasteiger charge is -2.29. The molecule has 0 unspecified atom stereocenters. The fraction of sp³-hybridized carbons (Fsp3) is 0.407. The minimum atomic E-state index is -0.275. The molecule has 0 bridgehead atoms. The SMILES string of the molecule is C=CC[C@@H](OCc1ccccc1)[C@@H](CC)O[C@H](CO)C/C=C/COCc1ccccc1. The summed E-state index contributed by atoms with van der Waals surface area (Å²) in [5, 5.41) is 9.79. The quantitative estimate of drug-likeness (QED) is 0.287. The second kappa shape index (κ2) is 15.5. The topological polar surface area (TPSA) is 47.9 Å². The molecule has 1 N–H and O–H groups in total. The van der Waals surface area contributed by atoms with Crippen LogP contribution in [0, 0.1) is 0 Å². The first-order valence-electron chi connectivity index (χ1n) is 11.1. The van der Waals surface area contributed by atoms with Crippen molar-refractivity contribution in [1.82, 2.24) is 0 Å². The monoisotopic (exact) mass is 424 g/mol. The zero-order valence-corrected chi connectivity index (χ0v) is 18.6. The molecule has 0 aliphatic rings. The van der Waals surface area contributed by atoms with Crippen LogP contribution in [-0.4, -0.2) is 36.6 Å². The molecule has 31 heavy (non-hydrogen) atoms. The van der Waals surface area contributed by atoms with Crippen LogP contribution in [0.1, 0.15) is 37.3 Å². The van der Waals surface area contributed by atoms with E-state index in [-0.39, 0.29) is 24.9 Å². The first-order valence-corrected chi connectivity index (χ1v) is 11.1. The molecular weight excluding hydrogens is 388 g/mol. The van der Waals surface area contributed by atoms with Gasteiger partial charge in [-0.1, -0.05) is 85.8 Å². The fourth-order valence-corrected chi connectivity index (χ4v) is 3.27.